The highest BCUT2D eigenvalue weighted by Gasteiger charge is 2.20. The normalized spacial score (nSPS) is 12.6. The van der Waals surface area contributed by atoms with E-state index in [9.17, 15) is 4.79 Å². The number of para-hydroxylation sites is 1. The van der Waals surface area contributed by atoms with Crippen molar-refractivity contribution in [3.63, 3.8) is 0 Å². The van der Waals surface area contributed by atoms with E-state index in [1.165, 1.54) is 9.78 Å². The predicted octanol–water partition coefficient (Wildman–Crippen LogP) is 2.83. The Morgan fingerprint density at radius 2 is 2.05 bits per heavy atom. The van der Waals surface area contributed by atoms with Crippen LogP contribution in [0.25, 0.3) is 10.9 Å². The van der Waals surface area contributed by atoms with Gasteiger partial charge in [0.15, 0.2) is 0 Å². The molecule has 0 saturated heterocycles. The van der Waals surface area contributed by atoms with Crippen molar-refractivity contribution in [2.45, 2.75) is 20.4 Å². The van der Waals surface area contributed by atoms with Crippen molar-refractivity contribution in [1.29, 1.82) is 0 Å². The molecule has 3 aromatic rings. The number of aryl methyl sites for hydroxylation is 1. The molecule has 1 aromatic carbocycles. The number of Topliss-reactive ketones (excluding diaryl/α,β-unsaturated/α-hetero) is 1. The largest absolute Gasteiger partial charge is 0.358 e. The Morgan fingerprint density at radius 1 is 1.23 bits per heavy atom. The molecular formula is C18H21N2OS+. The van der Waals surface area contributed by atoms with Gasteiger partial charge in [-0.3, -0.25) is 4.79 Å². The van der Waals surface area contributed by atoms with E-state index in [1.807, 2.05) is 31.2 Å². The predicted molar refractivity (Wildman–Crippen MR) is 91.8 cm³/mol. The summed E-state index contributed by atoms with van der Waals surface area (Å²) in [6.07, 6.45) is 0. The lowest BCUT2D eigenvalue weighted by Crippen LogP contribution is -3.11. The Bertz CT molecular complexity index is 774. The second kappa shape index (κ2) is 6.46. The number of rotatable bonds is 6. The smallest absolute Gasteiger partial charge is 0.219 e. The maximum Gasteiger partial charge on any atom is 0.219 e. The number of likely N-dealkylation sites (N-methyl/N-ethyl adjacent to an activating group) is 1. The Balaban J connectivity index is 1.81. The molecule has 3 rings (SSSR count). The molecule has 0 aliphatic carbocycles. The summed E-state index contributed by atoms with van der Waals surface area (Å²) in [5.41, 5.74) is 2.87. The van der Waals surface area contributed by atoms with Crippen molar-refractivity contribution in [3.05, 3.63) is 57.9 Å². The molecule has 1 atom stereocenters. The van der Waals surface area contributed by atoms with Gasteiger partial charge in [-0.1, -0.05) is 24.3 Å². The fourth-order valence-corrected chi connectivity index (χ4v) is 3.70. The van der Waals surface area contributed by atoms with Crippen molar-refractivity contribution in [3.8, 4) is 0 Å². The minimum Gasteiger partial charge on any atom is -0.358 e. The minimum atomic E-state index is 0.225. The molecule has 0 amide bonds. The van der Waals surface area contributed by atoms with Crippen molar-refractivity contribution >= 4 is 28.0 Å². The first kappa shape index (κ1) is 15.0. The maximum atomic E-state index is 12.8. The number of aromatic nitrogens is 1. The minimum absolute atomic E-state index is 0.225. The molecule has 0 spiro atoms. The fourth-order valence-electron chi connectivity index (χ4n) is 2.92. The van der Waals surface area contributed by atoms with Gasteiger partial charge in [0.25, 0.3) is 0 Å². The Morgan fingerprint density at radius 3 is 2.77 bits per heavy atom. The average molecular weight is 313 g/mol. The first-order valence-corrected chi connectivity index (χ1v) is 8.53. The summed E-state index contributed by atoms with van der Waals surface area (Å²) in [6.45, 7) is 6.53. The van der Waals surface area contributed by atoms with E-state index in [1.54, 1.807) is 11.3 Å². The number of fused-ring (bicyclic) bond motifs is 1. The van der Waals surface area contributed by atoms with Gasteiger partial charge in [-0.25, -0.2) is 0 Å². The number of benzene rings is 1. The summed E-state index contributed by atoms with van der Waals surface area (Å²) in [5.74, 6) is 0.225. The highest BCUT2D eigenvalue weighted by Crippen LogP contribution is 2.21. The molecule has 0 saturated carbocycles. The van der Waals surface area contributed by atoms with E-state index in [0.29, 0.717) is 6.54 Å². The number of thiophene rings is 1. The van der Waals surface area contributed by atoms with Crippen molar-refractivity contribution in [2.24, 2.45) is 0 Å². The first-order chi connectivity index (χ1) is 10.7. The summed E-state index contributed by atoms with van der Waals surface area (Å²) in [5, 5.41) is 3.13. The maximum absolute atomic E-state index is 12.8. The standard InChI is InChI=1S/C18H20N2OS/c1-3-20(11-14-7-6-10-22-14)12-17(21)18-13(2)19-16-9-5-4-8-15(16)18/h4-10,19H,3,11-12H2,1-2H3/p+1. The summed E-state index contributed by atoms with van der Waals surface area (Å²) < 4.78 is 0. The van der Waals surface area contributed by atoms with Crippen LogP contribution < -0.4 is 4.90 Å². The van der Waals surface area contributed by atoms with Gasteiger partial charge < -0.3 is 9.88 Å². The molecule has 2 aromatic heterocycles. The second-order valence-electron chi connectivity index (χ2n) is 5.63. The summed E-state index contributed by atoms with van der Waals surface area (Å²) in [7, 11) is 0. The number of aromatic amines is 1. The lowest BCUT2D eigenvalue weighted by atomic mass is 10.1. The molecule has 114 valence electrons. The molecule has 2 heterocycles. The topological polar surface area (TPSA) is 37.3 Å². The summed E-state index contributed by atoms with van der Waals surface area (Å²) in [6, 6.07) is 12.2. The molecule has 4 heteroatoms. The van der Waals surface area contributed by atoms with Crippen LogP contribution in [0.3, 0.4) is 0 Å². The van der Waals surface area contributed by atoms with Gasteiger partial charge in [0.2, 0.25) is 5.78 Å². The third kappa shape index (κ3) is 2.98. The fraction of sp³-hybridized carbons (Fsp3) is 0.278. The van der Waals surface area contributed by atoms with E-state index in [-0.39, 0.29) is 5.78 Å². The van der Waals surface area contributed by atoms with Gasteiger partial charge in [0.1, 0.15) is 13.1 Å². The van der Waals surface area contributed by atoms with Crippen LogP contribution in [0.2, 0.25) is 0 Å². The molecule has 22 heavy (non-hydrogen) atoms. The Labute approximate surface area is 134 Å². The van der Waals surface area contributed by atoms with Gasteiger partial charge in [0, 0.05) is 16.6 Å². The van der Waals surface area contributed by atoms with E-state index in [2.05, 4.69) is 29.4 Å². The van der Waals surface area contributed by atoms with Crippen LogP contribution in [0, 0.1) is 6.92 Å². The van der Waals surface area contributed by atoms with Crippen LogP contribution in [-0.4, -0.2) is 23.9 Å². The van der Waals surface area contributed by atoms with Crippen molar-refractivity contribution in [1.82, 2.24) is 4.98 Å². The number of ketones is 1. The average Bonchev–Trinajstić information content (AvgIpc) is 3.12. The number of carbonyl (C=O) groups is 1. The van der Waals surface area contributed by atoms with E-state index in [0.717, 1.165) is 35.2 Å². The monoisotopic (exact) mass is 313 g/mol. The second-order valence-corrected chi connectivity index (χ2v) is 6.66. The van der Waals surface area contributed by atoms with E-state index < -0.39 is 0 Å². The number of hydrogen-bond acceptors (Lipinski definition) is 2. The van der Waals surface area contributed by atoms with Gasteiger partial charge in [-0.15, -0.1) is 11.3 Å². The first-order valence-electron chi connectivity index (χ1n) is 7.65. The summed E-state index contributed by atoms with van der Waals surface area (Å²) >= 11 is 1.76. The molecule has 0 radical (unpaired) electrons. The van der Waals surface area contributed by atoms with Crippen molar-refractivity contribution < 1.29 is 9.69 Å². The van der Waals surface area contributed by atoms with Gasteiger partial charge in [-0.05, 0) is 31.4 Å². The van der Waals surface area contributed by atoms with Gasteiger partial charge >= 0.3 is 0 Å². The number of carbonyl (C=O) groups excluding carboxylic acids is 1. The zero-order valence-electron chi connectivity index (χ0n) is 13.0. The molecule has 0 bridgehead atoms. The zero-order chi connectivity index (χ0) is 15.5. The Kier molecular flexibility index (Phi) is 4.41. The van der Waals surface area contributed by atoms with Crippen LogP contribution in [0.4, 0.5) is 0 Å². The SMILES string of the molecule is CC[NH+](CC(=O)c1c(C)[nH]c2ccccc12)Cc1cccs1. The van der Waals surface area contributed by atoms with Gasteiger partial charge in [-0.2, -0.15) is 0 Å². The molecule has 3 nitrogen and oxygen atoms in total. The van der Waals surface area contributed by atoms with Gasteiger partial charge in [0.05, 0.1) is 17.0 Å². The number of quaternary nitrogens is 1. The number of nitrogens with one attached hydrogen (secondary N) is 2. The van der Waals surface area contributed by atoms with E-state index >= 15 is 0 Å². The van der Waals surface area contributed by atoms with Crippen LogP contribution in [0.15, 0.2) is 41.8 Å². The molecular weight excluding hydrogens is 292 g/mol. The van der Waals surface area contributed by atoms with Crippen LogP contribution >= 0.6 is 11.3 Å². The lowest BCUT2D eigenvalue weighted by Gasteiger charge is -2.16. The third-order valence-electron chi connectivity index (χ3n) is 4.09. The molecule has 2 N–H and O–H groups in total. The van der Waals surface area contributed by atoms with Crippen LogP contribution in [0.5, 0.6) is 0 Å². The van der Waals surface area contributed by atoms with E-state index in [4.69, 9.17) is 0 Å². The zero-order valence-corrected chi connectivity index (χ0v) is 13.8. The highest BCUT2D eigenvalue weighted by atomic mass is 32.1. The third-order valence-corrected chi connectivity index (χ3v) is 4.96. The number of H-pyrrole nitrogens is 1. The van der Waals surface area contributed by atoms with Crippen molar-refractivity contribution in [2.75, 3.05) is 13.1 Å². The molecule has 0 aliphatic rings. The summed E-state index contributed by atoms with van der Waals surface area (Å²) in [4.78, 5) is 18.8. The quantitative estimate of drug-likeness (QED) is 0.675. The van der Waals surface area contributed by atoms with Crippen LogP contribution in [-0.2, 0) is 6.54 Å². The Hall–Kier alpha value is -1.91. The lowest BCUT2D eigenvalue weighted by molar-refractivity contribution is -0.903. The molecule has 0 fully saturated rings. The molecule has 1 unspecified atom stereocenters. The number of hydrogen-bond donors (Lipinski definition) is 2. The van der Waals surface area contributed by atoms with Crippen LogP contribution in [0.1, 0.15) is 27.9 Å². The highest BCUT2D eigenvalue weighted by molar-refractivity contribution is 7.09. The molecule has 0 aliphatic heterocycles.